The zero-order chi connectivity index (χ0) is 19.4. The topological polar surface area (TPSA) is 89.0 Å². The van der Waals surface area contributed by atoms with E-state index in [0.29, 0.717) is 23.7 Å². The maximum absolute atomic E-state index is 12.9. The molecule has 1 aliphatic carbocycles. The van der Waals surface area contributed by atoms with Gasteiger partial charge in [-0.25, -0.2) is 4.98 Å². The molecule has 1 fully saturated rings. The van der Waals surface area contributed by atoms with Crippen LogP contribution in [0.2, 0.25) is 0 Å². The van der Waals surface area contributed by atoms with E-state index >= 15 is 0 Å². The minimum atomic E-state index is -0.906. The number of carboxylic acid groups (broad SMARTS) is 1. The fraction of sp³-hybridized carbons (Fsp3) is 0.421. The van der Waals surface area contributed by atoms with Gasteiger partial charge in [-0.3, -0.25) is 9.59 Å². The highest BCUT2D eigenvalue weighted by Gasteiger charge is 2.35. The Hall–Kier alpha value is -2.61. The summed E-state index contributed by atoms with van der Waals surface area (Å²) in [6.07, 6.45) is 1.81. The van der Waals surface area contributed by atoms with Crippen LogP contribution in [0.4, 0.5) is 0 Å². The van der Waals surface area contributed by atoms with Gasteiger partial charge in [0.25, 0.3) is 5.91 Å². The number of aliphatic carboxylic acids is 1. The van der Waals surface area contributed by atoms with Gasteiger partial charge in [0.15, 0.2) is 11.5 Å². The molecule has 0 bridgehead atoms. The van der Waals surface area contributed by atoms with Gasteiger partial charge >= 0.3 is 5.97 Å². The highest BCUT2D eigenvalue weighted by atomic mass is 32.1. The number of hydrogen-bond donors (Lipinski definition) is 1. The van der Waals surface area contributed by atoms with Crippen molar-refractivity contribution in [2.45, 2.75) is 32.4 Å². The lowest BCUT2D eigenvalue weighted by atomic mass is 10.1. The maximum atomic E-state index is 12.9. The Morgan fingerprint density at radius 2 is 2.15 bits per heavy atom. The molecule has 1 aromatic carbocycles. The van der Waals surface area contributed by atoms with Crippen molar-refractivity contribution in [2.75, 3.05) is 13.7 Å². The predicted molar refractivity (Wildman–Crippen MR) is 100 cm³/mol. The van der Waals surface area contributed by atoms with E-state index in [-0.39, 0.29) is 18.5 Å². The summed E-state index contributed by atoms with van der Waals surface area (Å²) in [6, 6.07) is 5.14. The Morgan fingerprint density at radius 1 is 1.37 bits per heavy atom. The molecule has 1 saturated carbocycles. The molecule has 2 aromatic rings. The van der Waals surface area contributed by atoms with Gasteiger partial charge in [0, 0.05) is 23.5 Å². The van der Waals surface area contributed by atoms with Crippen molar-refractivity contribution < 1.29 is 24.2 Å². The third-order valence-electron chi connectivity index (χ3n) is 4.41. The number of hydrogen-bond acceptors (Lipinski definition) is 6. The van der Waals surface area contributed by atoms with Crippen LogP contribution in [0.15, 0.2) is 29.1 Å². The van der Waals surface area contributed by atoms with E-state index in [1.807, 2.05) is 5.38 Å². The molecule has 27 heavy (non-hydrogen) atoms. The Balaban J connectivity index is 1.74. The minimum absolute atomic E-state index is 0.117. The summed E-state index contributed by atoms with van der Waals surface area (Å²) in [4.78, 5) is 29.9. The lowest BCUT2D eigenvalue weighted by Gasteiger charge is -2.24. The average Bonchev–Trinajstić information content (AvgIpc) is 3.38. The third-order valence-corrected chi connectivity index (χ3v) is 5.05. The van der Waals surface area contributed by atoms with Crippen molar-refractivity contribution >= 4 is 23.2 Å². The lowest BCUT2D eigenvalue weighted by Crippen LogP contribution is -2.38. The van der Waals surface area contributed by atoms with Crippen LogP contribution >= 0.6 is 11.3 Å². The van der Waals surface area contributed by atoms with Crippen LogP contribution in [0.1, 0.15) is 35.8 Å². The van der Waals surface area contributed by atoms with Gasteiger partial charge in [-0.1, -0.05) is 6.92 Å². The molecule has 0 radical (unpaired) electrons. The summed E-state index contributed by atoms with van der Waals surface area (Å²) in [7, 11) is 1.52. The SMILES string of the molecule is COc1cc(C(=O)N(CC(C)C(=O)O)C2CC2)ccc1OCc1cscn1. The van der Waals surface area contributed by atoms with Crippen molar-refractivity contribution in [3.8, 4) is 11.5 Å². The lowest BCUT2D eigenvalue weighted by molar-refractivity contribution is -0.141. The first-order valence-corrected chi connectivity index (χ1v) is 9.65. The number of carbonyl (C=O) groups excluding carboxylic acids is 1. The van der Waals surface area contributed by atoms with Gasteiger partial charge in [-0.2, -0.15) is 0 Å². The van der Waals surface area contributed by atoms with Crippen LogP contribution < -0.4 is 9.47 Å². The zero-order valence-corrected chi connectivity index (χ0v) is 16.1. The van der Waals surface area contributed by atoms with E-state index in [9.17, 15) is 9.59 Å². The van der Waals surface area contributed by atoms with Gasteiger partial charge in [-0.05, 0) is 31.0 Å². The maximum Gasteiger partial charge on any atom is 0.308 e. The van der Waals surface area contributed by atoms with Crippen molar-refractivity contribution in [1.29, 1.82) is 0 Å². The molecule has 0 aliphatic heterocycles. The molecule has 1 aromatic heterocycles. The fourth-order valence-corrected chi connectivity index (χ4v) is 3.25. The second-order valence-electron chi connectivity index (χ2n) is 6.56. The molecule has 7 nitrogen and oxygen atoms in total. The van der Waals surface area contributed by atoms with E-state index < -0.39 is 11.9 Å². The first kappa shape index (κ1) is 19.2. The summed E-state index contributed by atoms with van der Waals surface area (Å²) in [5.41, 5.74) is 3.02. The summed E-state index contributed by atoms with van der Waals surface area (Å²) < 4.78 is 11.1. The first-order chi connectivity index (χ1) is 13.0. The zero-order valence-electron chi connectivity index (χ0n) is 15.3. The average molecular weight is 390 g/mol. The number of nitrogens with zero attached hydrogens (tertiary/aromatic N) is 2. The number of thiazole rings is 1. The molecule has 1 aliphatic rings. The number of carbonyl (C=O) groups is 2. The molecule has 1 amide bonds. The third kappa shape index (κ3) is 4.77. The van der Waals surface area contributed by atoms with E-state index in [4.69, 9.17) is 14.6 Å². The molecule has 8 heteroatoms. The summed E-state index contributed by atoms with van der Waals surface area (Å²) >= 11 is 1.50. The van der Waals surface area contributed by atoms with Gasteiger partial charge in [0.05, 0.1) is 24.2 Å². The molecule has 3 rings (SSSR count). The number of benzene rings is 1. The summed E-state index contributed by atoms with van der Waals surface area (Å²) in [5, 5.41) is 11.1. The Bertz CT molecular complexity index is 804. The molecular formula is C19H22N2O5S. The van der Waals surface area contributed by atoms with Crippen LogP contribution in [0.5, 0.6) is 11.5 Å². The fourth-order valence-electron chi connectivity index (χ4n) is 2.70. The van der Waals surface area contributed by atoms with Crippen molar-refractivity contribution in [3.05, 3.63) is 40.3 Å². The number of carboxylic acids is 1. The molecule has 1 N–H and O–H groups in total. The molecule has 1 atom stereocenters. The molecular weight excluding hydrogens is 368 g/mol. The van der Waals surface area contributed by atoms with E-state index in [2.05, 4.69) is 4.98 Å². The number of amides is 1. The van der Waals surface area contributed by atoms with Crippen LogP contribution in [0.25, 0.3) is 0 Å². The second-order valence-corrected chi connectivity index (χ2v) is 7.28. The predicted octanol–water partition coefficient (Wildman–Crippen LogP) is 3.06. The van der Waals surface area contributed by atoms with E-state index in [0.717, 1.165) is 18.5 Å². The molecule has 0 spiro atoms. The van der Waals surface area contributed by atoms with Crippen LogP contribution in [0.3, 0.4) is 0 Å². The molecule has 0 saturated heterocycles. The largest absolute Gasteiger partial charge is 0.493 e. The monoisotopic (exact) mass is 390 g/mol. The molecule has 1 unspecified atom stereocenters. The number of methoxy groups -OCH3 is 1. The van der Waals surface area contributed by atoms with Gasteiger partial charge in [-0.15, -0.1) is 11.3 Å². The second kappa shape index (κ2) is 8.39. The van der Waals surface area contributed by atoms with Crippen molar-refractivity contribution in [1.82, 2.24) is 9.88 Å². The molecule has 1 heterocycles. The Morgan fingerprint density at radius 3 is 2.74 bits per heavy atom. The van der Waals surface area contributed by atoms with Gasteiger partial charge < -0.3 is 19.5 Å². The van der Waals surface area contributed by atoms with Crippen LogP contribution in [0, 0.1) is 5.92 Å². The Labute approximate surface area is 161 Å². The van der Waals surface area contributed by atoms with Crippen molar-refractivity contribution in [2.24, 2.45) is 5.92 Å². The normalized spacial score (nSPS) is 14.4. The quantitative estimate of drug-likeness (QED) is 0.708. The summed E-state index contributed by atoms with van der Waals surface area (Å²) in [5.74, 6) is -0.721. The van der Waals surface area contributed by atoms with E-state index in [1.54, 1.807) is 35.5 Å². The molecule has 144 valence electrons. The number of rotatable bonds is 9. The standard InChI is InChI=1S/C19H22N2O5S/c1-12(19(23)24)8-21(15-4-5-15)18(22)13-3-6-16(17(7-13)25-2)26-9-14-10-27-11-20-14/h3,6-7,10-12,15H,4-5,8-9H2,1-2H3,(H,23,24). The first-order valence-electron chi connectivity index (χ1n) is 8.71. The van der Waals surface area contributed by atoms with Gasteiger partial charge in [0.2, 0.25) is 0 Å². The smallest absolute Gasteiger partial charge is 0.308 e. The number of ether oxygens (including phenoxy) is 2. The van der Waals surface area contributed by atoms with Crippen LogP contribution in [-0.2, 0) is 11.4 Å². The van der Waals surface area contributed by atoms with Gasteiger partial charge in [0.1, 0.15) is 6.61 Å². The summed E-state index contributed by atoms with van der Waals surface area (Å²) in [6.45, 7) is 2.13. The minimum Gasteiger partial charge on any atom is -0.493 e. The van der Waals surface area contributed by atoms with Crippen molar-refractivity contribution in [3.63, 3.8) is 0 Å². The highest BCUT2D eigenvalue weighted by molar-refractivity contribution is 7.07. The highest BCUT2D eigenvalue weighted by Crippen LogP contribution is 2.32. The van der Waals surface area contributed by atoms with E-state index in [1.165, 1.54) is 18.4 Å². The number of aromatic nitrogens is 1. The Kier molecular flexibility index (Phi) is 5.95. The van der Waals surface area contributed by atoms with Crippen LogP contribution in [-0.4, -0.2) is 46.6 Å².